The molecule has 1 aliphatic rings. The van der Waals surface area contributed by atoms with E-state index >= 15 is 0 Å². The molecule has 0 unspecified atom stereocenters. The summed E-state index contributed by atoms with van der Waals surface area (Å²) in [6, 6.07) is 14.0. The monoisotopic (exact) mass is 492 g/mol. The molecule has 8 heteroatoms. The standard InChI is InChI=1S/C25H36N2O4S2/c1-24(2,3)20-8-12-22(13-9-20)32(28,29)26-16-7-17-27(19-18-26)33(30,31)23-14-10-21(11-15-23)25(4,5)6/h8-15H,7,16-19H2,1-6H3. The molecule has 1 aliphatic heterocycles. The second-order valence-corrected chi connectivity index (χ2v) is 14.6. The third-order valence-corrected chi connectivity index (χ3v) is 9.96. The van der Waals surface area contributed by atoms with Gasteiger partial charge in [-0.2, -0.15) is 8.61 Å². The Bertz CT molecular complexity index is 1080. The van der Waals surface area contributed by atoms with Gasteiger partial charge < -0.3 is 0 Å². The molecule has 0 bridgehead atoms. The maximum Gasteiger partial charge on any atom is 0.243 e. The molecule has 0 N–H and O–H groups in total. The van der Waals surface area contributed by atoms with Crippen LogP contribution in [0.1, 0.15) is 59.1 Å². The summed E-state index contributed by atoms with van der Waals surface area (Å²) in [5.41, 5.74) is 1.99. The molecule has 3 rings (SSSR count). The van der Waals surface area contributed by atoms with Crippen molar-refractivity contribution in [2.75, 3.05) is 26.2 Å². The normalized spacial score (nSPS) is 17.6. The van der Waals surface area contributed by atoms with E-state index < -0.39 is 20.0 Å². The summed E-state index contributed by atoms with van der Waals surface area (Å²) in [7, 11) is -7.38. The number of benzene rings is 2. The Hall–Kier alpha value is -1.74. The molecule has 2 aromatic carbocycles. The van der Waals surface area contributed by atoms with Crippen molar-refractivity contribution < 1.29 is 16.8 Å². The molecule has 33 heavy (non-hydrogen) atoms. The number of nitrogens with zero attached hydrogens (tertiary/aromatic N) is 2. The van der Waals surface area contributed by atoms with Crippen molar-refractivity contribution in [1.82, 2.24) is 8.61 Å². The first-order valence-electron chi connectivity index (χ1n) is 11.3. The molecular weight excluding hydrogens is 456 g/mol. The summed E-state index contributed by atoms with van der Waals surface area (Å²) in [5, 5.41) is 0. The van der Waals surface area contributed by atoms with Crippen LogP contribution in [0.15, 0.2) is 58.3 Å². The lowest BCUT2D eigenvalue weighted by Crippen LogP contribution is -2.37. The maximum atomic E-state index is 13.2. The van der Waals surface area contributed by atoms with E-state index in [2.05, 4.69) is 41.5 Å². The van der Waals surface area contributed by atoms with Gasteiger partial charge >= 0.3 is 0 Å². The van der Waals surface area contributed by atoms with Gasteiger partial charge in [-0.05, 0) is 52.6 Å². The van der Waals surface area contributed by atoms with E-state index in [9.17, 15) is 16.8 Å². The summed E-state index contributed by atoms with van der Waals surface area (Å²) in [5.74, 6) is 0. The highest BCUT2D eigenvalue weighted by Gasteiger charge is 2.32. The first kappa shape index (κ1) is 25.9. The summed E-state index contributed by atoms with van der Waals surface area (Å²) in [4.78, 5) is 0.481. The molecular formula is C25H36N2O4S2. The molecule has 0 radical (unpaired) electrons. The molecule has 1 heterocycles. The van der Waals surface area contributed by atoms with Crippen LogP contribution in [0.4, 0.5) is 0 Å². The van der Waals surface area contributed by atoms with Crippen molar-refractivity contribution in [2.45, 2.75) is 68.6 Å². The first-order valence-corrected chi connectivity index (χ1v) is 14.2. The number of hydrogen-bond donors (Lipinski definition) is 0. The fourth-order valence-corrected chi connectivity index (χ4v) is 6.84. The fourth-order valence-electron chi connectivity index (χ4n) is 3.90. The summed E-state index contributed by atoms with van der Waals surface area (Å²) >= 11 is 0. The van der Waals surface area contributed by atoms with Gasteiger partial charge in [-0.1, -0.05) is 65.8 Å². The van der Waals surface area contributed by atoms with E-state index in [4.69, 9.17) is 0 Å². The van der Waals surface area contributed by atoms with E-state index in [1.165, 1.54) is 8.61 Å². The molecule has 2 aromatic rings. The van der Waals surface area contributed by atoms with E-state index in [0.717, 1.165) is 11.1 Å². The van der Waals surface area contributed by atoms with Gasteiger partial charge in [0.15, 0.2) is 0 Å². The highest BCUT2D eigenvalue weighted by molar-refractivity contribution is 7.89. The van der Waals surface area contributed by atoms with Crippen LogP contribution in [0.5, 0.6) is 0 Å². The average molecular weight is 493 g/mol. The Labute approximate surface area is 199 Å². The van der Waals surface area contributed by atoms with Crippen LogP contribution in [-0.4, -0.2) is 51.6 Å². The summed E-state index contributed by atoms with van der Waals surface area (Å²) in [6.45, 7) is 13.3. The quantitative estimate of drug-likeness (QED) is 0.635. The fraction of sp³-hybridized carbons (Fsp3) is 0.520. The van der Waals surface area contributed by atoms with Crippen molar-refractivity contribution in [3.05, 3.63) is 59.7 Å². The van der Waals surface area contributed by atoms with Crippen molar-refractivity contribution in [3.8, 4) is 0 Å². The van der Waals surface area contributed by atoms with E-state index in [1.807, 2.05) is 24.3 Å². The van der Waals surface area contributed by atoms with Gasteiger partial charge in [0.25, 0.3) is 0 Å². The van der Waals surface area contributed by atoms with Gasteiger partial charge in [-0.25, -0.2) is 16.8 Å². The minimum Gasteiger partial charge on any atom is -0.207 e. The number of hydrogen-bond acceptors (Lipinski definition) is 4. The van der Waals surface area contributed by atoms with Crippen molar-refractivity contribution in [3.63, 3.8) is 0 Å². The molecule has 0 saturated carbocycles. The third-order valence-electron chi connectivity index (χ3n) is 6.13. The first-order chi connectivity index (χ1) is 15.1. The zero-order valence-electron chi connectivity index (χ0n) is 20.5. The Morgan fingerprint density at radius 3 is 1.12 bits per heavy atom. The van der Waals surface area contributed by atoms with Gasteiger partial charge in [0.05, 0.1) is 9.79 Å². The van der Waals surface area contributed by atoms with Crippen molar-refractivity contribution in [1.29, 1.82) is 0 Å². The SMILES string of the molecule is CC(C)(C)c1ccc(S(=O)(=O)N2CCCN(S(=O)(=O)c3ccc(C(C)(C)C)cc3)CC2)cc1. The Morgan fingerprint density at radius 1 is 0.545 bits per heavy atom. The Balaban J connectivity index is 1.77. The van der Waals surface area contributed by atoms with Crippen LogP contribution in [-0.2, 0) is 30.9 Å². The predicted octanol–water partition coefficient (Wildman–Crippen LogP) is 4.37. The highest BCUT2D eigenvalue weighted by atomic mass is 32.2. The van der Waals surface area contributed by atoms with Crippen LogP contribution in [0.25, 0.3) is 0 Å². The molecule has 6 nitrogen and oxygen atoms in total. The predicted molar refractivity (Wildman–Crippen MR) is 132 cm³/mol. The second-order valence-electron chi connectivity index (χ2n) is 10.7. The van der Waals surface area contributed by atoms with Gasteiger partial charge in [-0.3, -0.25) is 0 Å². The van der Waals surface area contributed by atoms with Crippen molar-refractivity contribution >= 4 is 20.0 Å². The van der Waals surface area contributed by atoms with Gasteiger partial charge in [-0.15, -0.1) is 0 Å². The number of sulfonamides is 2. The van der Waals surface area contributed by atoms with Crippen molar-refractivity contribution in [2.24, 2.45) is 0 Å². The minimum absolute atomic E-state index is 0.0646. The van der Waals surface area contributed by atoms with Crippen LogP contribution in [0.3, 0.4) is 0 Å². The smallest absolute Gasteiger partial charge is 0.207 e. The third kappa shape index (κ3) is 5.67. The zero-order valence-corrected chi connectivity index (χ0v) is 22.1. The van der Waals surface area contributed by atoms with E-state index in [0.29, 0.717) is 19.5 Å². The Kier molecular flexibility index (Phi) is 7.16. The Morgan fingerprint density at radius 2 is 0.848 bits per heavy atom. The van der Waals surface area contributed by atoms with Crippen LogP contribution in [0.2, 0.25) is 0 Å². The average Bonchev–Trinajstić information content (AvgIpc) is 3.00. The van der Waals surface area contributed by atoms with Gasteiger partial charge in [0, 0.05) is 26.2 Å². The van der Waals surface area contributed by atoms with Gasteiger partial charge in [0.2, 0.25) is 20.0 Å². The molecule has 182 valence electrons. The van der Waals surface area contributed by atoms with E-state index in [1.54, 1.807) is 24.3 Å². The second kappa shape index (κ2) is 9.13. The minimum atomic E-state index is -3.69. The molecule has 0 amide bonds. The lowest BCUT2D eigenvalue weighted by molar-refractivity contribution is 0.404. The zero-order chi connectivity index (χ0) is 24.7. The summed E-state index contributed by atoms with van der Waals surface area (Å²) in [6.07, 6.45) is 0.443. The van der Waals surface area contributed by atoms with Crippen LogP contribution >= 0.6 is 0 Å². The lowest BCUT2D eigenvalue weighted by Gasteiger charge is -2.23. The molecule has 0 atom stereocenters. The molecule has 0 aliphatic carbocycles. The lowest BCUT2D eigenvalue weighted by atomic mass is 9.87. The number of rotatable bonds is 4. The van der Waals surface area contributed by atoms with Gasteiger partial charge in [0.1, 0.15) is 0 Å². The highest BCUT2D eigenvalue weighted by Crippen LogP contribution is 2.27. The molecule has 0 spiro atoms. The van der Waals surface area contributed by atoms with Crippen LogP contribution < -0.4 is 0 Å². The maximum absolute atomic E-state index is 13.2. The molecule has 1 saturated heterocycles. The van der Waals surface area contributed by atoms with Crippen LogP contribution in [0, 0.1) is 0 Å². The largest absolute Gasteiger partial charge is 0.243 e. The molecule has 1 fully saturated rings. The topological polar surface area (TPSA) is 74.8 Å². The summed E-state index contributed by atoms with van der Waals surface area (Å²) < 4.78 is 55.7. The van der Waals surface area contributed by atoms with E-state index in [-0.39, 0.29) is 33.7 Å². The molecule has 0 aromatic heterocycles.